The Labute approximate surface area is 125 Å². The van der Waals surface area contributed by atoms with Crippen molar-refractivity contribution in [3.63, 3.8) is 0 Å². The highest BCUT2D eigenvalue weighted by Gasteiger charge is 2.43. The molecule has 0 aromatic heterocycles. The number of ether oxygens (including phenoxy) is 1. The fourth-order valence-corrected chi connectivity index (χ4v) is 3.36. The summed E-state index contributed by atoms with van der Waals surface area (Å²) in [5, 5.41) is 2.79. The van der Waals surface area contributed by atoms with Crippen LogP contribution in [0.25, 0.3) is 0 Å². The van der Waals surface area contributed by atoms with Gasteiger partial charge in [0.25, 0.3) is 0 Å². The lowest BCUT2D eigenvalue weighted by molar-refractivity contribution is -0.0111. The van der Waals surface area contributed by atoms with Gasteiger partial charge in [-0.05, 0) is 43.5 Å². The Hall–Kier alpha value is -1.59. The van der Waals surface area contributed by atoms with E-state index in [9.17, 15) is 4.79 Å². The van der Waals surface area contributed by atoms with Gasteiger partial charge in [-0.25, -0.2) is 4.79 Å². The summed E-state index contributed by atoms with van der Waals surface area (Å²) < 4.78 is 5.51. The summed E-state index contributed by atoms with van der Waals surface area (Å²) in [6.45, 7) is 4.08. The van der Waals surface area contributed by atoms with E-state index in [4.69, 9.17) is 10.5 Å². The molecule has 114 valence electrons. The Bertz CT molecular complexity index is 520. The lowest BCUT2D eigenvalue weighted by Gasteiger charge is -2.38. The van der Waals surface area contributed by atoms with Crippen molar-refractivity contribution in [3.05, 3.63) is 35.4 Å². The van der Waals surface area contributed by atoms with Crippen LogP contribution in [0.1, 0.15) is 24.0 Å². The van der Waals surface area contributed by atoms with Crippen molar-refractivity contribution in [1.82, 2.24) is 10.2 Å². The van der Waals surface area contributed by atoms with Crippen molar-refractivity contribution < 1.29 is 9.53 Å². The fourth-order valence-electron chi connectivity index (χ4n) is 3.36. The van der Waals surface area contributed by atoms with E-state index in [2.05, 4.69) is 34.5 Å². The molecule has 2 aliphatic heterocycles. The van der Waals surface area contributed by atoms with Gasteiger partial charge >= 0.3 is 6.09 Å². The van der Waals surface area contributed by atoms with Crippen molar-refractivity contribution in [2.45, 2.75) is 31.4 Å². The smallest absolute Gasteiger partial charge is 0.407 e. The van der Waals surface area contributed by atoms with Crippen LogP contribution in [0, 0.1) is 0 Å². The third-order valence-corrected chi connectivity index (χ3v) is 4.31. The van der Waals surface area contributed by atoms with Gasteiger partial charge in [0.05, 0.1) is 6.54 Å². The summed E-state index contributed by atoms with van der Waals surface area (Å²) in [7, 11) is 0. The van der Waals surface area contributed by atoms with Crippen LogP contribution in [-0.4, -0.2) is 42.8 Å². The Balaban J connectivity index is 1.64. The summed E-state index contributed by atoms with van der Waals surface area (Å²) in [5.41, 5.74) is 7.89. The van der Waals surface area contributed by atoms with Crippen LogP contribution in [0.3, 0.4) is 0 Å². The number of nitrogens with one attached hydrogen (secondary N) is 1. The molecule has 3 rings (SSSR count). The number of nitrogens with two attached hydrogens (primary N) is 1. The van der Waals surface area contributed by atoms with Gasteiger partial charge in [0, 0.05) is 13.1 Å². The number of amides is 1. The molecule has 1 unspecified atom stereocenters. The maximum absolute atomic E-state index is 11.3. The average Bonchev–Trinajstić information content (AvgIpc) is 2.80. The van der Waals surface area contributed by atoms with E-state index in [1.165, 1.54) is 11.1 Å². The highest BCUT2D eigenvalue weighted by molar-refractivity contribution is 5.70. The first kappa shape index (κ1) is 14.4. The zero-order chi connectivity index (χ0) is 14.7. The minimum absolute atomic E-state index is 0.276. The van der Waals surface area contributed by atoms with Crippen molar-refractivity contribution in [2.24, 2.45) is 5.73 Å². The first-order valence-corrected chi connectivity index (χ1v) is 7.66. The molecule has 5 heteroatoms. The van der Waals surface area contributed by atoms with Gasteiger partial charge < -0.3 is 15.8 Å². The standard InChI is InChI=1S/C16H23N3O2/c17-7-5-13-3-1-4-14(9-13)10-19-8-2-6-16(12-19)11-18-15(20)21-16/h1,3-4,9H,2,5-8,10-12,17H2,(H,18,20). The number of nitrogens with zero attached hydrogens (tertiary/aromatic N) is 1. The second-order valence-corrected chi connectivity index (χ2v) is 6.10. The van der Waals surface area contributed by atoms with Gasteiger partial charge in [-0.1, -0.05) is 24.3 Å². The number of rotatable bonds is 4. The van der Waals surface area contributed by atoms with Gasteiger partial charge in [-0.15, -0.1) is 0 Å². The van der Waals surface area contributed by atoms with E-state index in [1.807, 2.05) is 0 Å². The highest BCUT2D eigenvalue weighted by Crippen LogP contribution is 2.28. The van der Waals surface area contributed by atoms with E-state index in [1.54, 1.807) is 0 Å². The van der Waals surface area contributed by atoms with E-state index in [0.717, 1.165) is 38.9 Å². The summed E-state index contributed by atoms with van der Waals surface area (Å²) >= 11 is 0. The average molecular weight is 289 g/mol. The van der Waals surface area contributed by atoms with Crippen LogP contribution >= 0.6 is 0 Å². The number of carbonyl (C=O) groups is 1. The molecule has 1 aromatic carbocycles. The number of piperidine rings is 1. The molecule has 21 heavy (non-hydrogen) atoms. The third kappa shape index (κ3) is 3.36. The zero-order valence-corrected chi connectivity index (χ0v) is 12.3. The number of hydrogen-bond donors (Lipinski definition) is 2. The minimum atomic E-state index is -0.315. The molecule has 1 amide bonds. The van der Waals surface area contributed by atoms with E-state index in [0.29, 0.717) is 13.1 Å². The monoisotopic (exact) mass is 289 g/mol. The Morgan fingerprint density at radius 1 is 1.38 bits per heavy atom. The van der Waals surface area contributed by atoms with E-state index < -0.39 is 0 Å². The zero-order valence-electron chi connectivity index (χ0n) is 12.3. The van der Waals surface area contributed by atoms with Gasteiger partial charge in [-0.2, -0.15) is 0 Å². The lowest BCUT2D eigenvalue weighted by atomic mass is 9.92. The minimum Gasteiger partial charge on any atom is -0.440 e. The Morgan fingerprint density at radius 3 is 3.00 bits per heavy atom. The van der Waals surface area contributed by atoms with Gasteiger partial charge in [0.1, 0.15) is 5.60 Å². The first-order valence-electron chi connectivity index (χ1n) is 7.66. The van der Waals surface area contributed by atoms with Gasteiger partial charge in [0.2, 0.25) is 0 Å². The molecule has 0 saturated carbocycles. The number of likely N-dealkylation sites (tertiary alicyclic amines) is 1. The normalized spacial score (nSPS) is 25.9. The Morgan fingerprint density at radius 2 is 2.24 bits per heavy atom. The van der Waals surface area contributed by atoms with Crippen LogP contribution in [0.2, 0.25) is 0 Å². The van der Waals surface area contributed by atoms with Crippen LogP contribution in [-0.2, 0) is 17.7 Å². The largest absolute Gasteiger partial charge is 0.440 e. The predicted molar refractivity (Wildman–Crippen MR) is 80.9 cm³/mol. The molecule has 1 atom stereocenters. The van der Waals surface area contributed by atoms with Gasteiger partial charge in [0.15, 0.2) is 0 Å². The van der Waals surface area contributed by atoms with Gasteiger partial charge in [-0.3, -0.25) is 4.90 Å². The molecular formula is C16H23N3O2. The fraction of sp³-hybridized carbons (Fsp3) is 0.562. The second-order valence-electron chi connectivity index (χ2n) is 6.10. The number of hydrogen-bond acceptors (Lipinski definition) is 4. The molecule has 0 aliphatic carbocycles. The van der Waals surface area contributed by atoms with Crippen molar-refractivity contribution in [1.29, 1.82) is 0 Å². The number of alkyl carbamates (subject to hydrolysis) is 1. The molecule has 2 fully saturated rings. The third-order valence-electron chi connectivity index (χ3n) is 4.31. The lowest BCUT2D eigenvalue weighted by Crippen LogP contribution is -2.50. The quantitative estimate of drug-likeness (QED) is 0.876. The molecule has 0 radical (unpaired) electrons. The molecule has 5 nitrogen and oxygen atoms in total. The Kier molecular flexibility index (Phi) is 4.12. The van der Waals surface area contributed by atoms with Crippen molar-refractivity contribution >= 4 is 6.09 Å². The van der Waals surface area contributed by atoms with Crippen LogP contribution in [0.15, 0.2) is 24.3 Å². The molecular weight excluding hydrogens is 266 g/mol. The topological polar surface area (TPSA) is 67.6 Å². The van der Waals surface area contributed by atoms with E-state index >= 15 is 0 Å². The second kappa shape index (κ2) is 6.03. The molecule has 0 bridgehead atoms. The summed E-state index contributed by atoms with van der Waals surface area (Å²) in [5.74, 6) is 0. The van der Waals surface area contributed by atoms with Crippen LogP contribution in [0.4, 0.5) is 4.79 Å². The highest BCUT2D eigenvalue weighted by atomic mass is 16.6. The maximum atomic E-state index is 11.3. The number of benzene rings is 1. The molecule has 1 aromatic rings. The number of carbonyl (C=O) groups excluding carboxylic acids is 1. The molecule has 3 N–H and O–H groups in total. The molecule has 2 aliphatic rings. The molecule has 2 saturated heterocycles. The molecule has 2 heterocycles. The van der Waals surface area contributed by atoms with Crippen molar-refractivity contribution in [2.75, 3.05) is 26.2 Å². The summed E-state index contributed by atoms with van der Waals surface area (Å²) in [6.07, 6.45) is 2.66. The first-order chi connectivity index (χ1) is 10.2. The predicted octanol–water partition coefficient (Wildman–Crippen LogP) is 1.26. The molecule has 1 spiro atoms. The summed E-state index contributed by atoms with van der Waals surface area (Å²) in [4.78, 5) is 13.7. The van der Waals surface area contributed by atoms with Crippen molar-refractivity contribution in [3.8, 4) is 0 Å². The SMILES string of the molecule is NCCc1cccc(CN2CCCC3(CNC(=O)O3)C2)c1. The summed E-state index contributed by atoms with van der Waals surface area (Å²) in [6, 6.07) is 8.60. The van der Waals surface area contributed by atoms with E-state index in [-0.39, 0.29) is 11.7 Å². The van der Waals surface area contributed by atoms with Crippen LogP contribution in [0.5, 0.6) is 0 Å². The maximum Gasteiger partial charge on any atom is 0.407 e. The van der Waals surface area contributed by atoms with Crippen LogP contribution < -0.4 is 11.1 Å².